The first kappa shape index (κ1) is 32.3. The predicted molar refractivity (Wildman–Crippen MR) is 251 cm³/mol. The van der Waals surface area contributed by atoms with Gasteiger partial charge in [0.05, 0.1) is 11.0 Å². The maximum atomic E-state index is 5.22. The standard InChI is InChI=1S/C57H34N2/c1-2-14-42(15-3-1)59-52-22-7-6-21-51(52)58-57(59)49-32-31-43(44-16-4-5-17-45(44)49)36-25-23-35(24-26-36)41-33-40-30-29-39-12-9-19-47-46-18-8-11-37-27-28-38-13-10-20-48(55(38)53(37)46)50(34-41)56(40)54(39)47/h1-34H. The molecular formula is C57H34N2. The molecule has 12 aromatic carbocycles. The van der Waals surface area contributed by atoms with Crippen LogP contribution in [0.2, 0.25) is 0 Å². The van der Waals surface area contributed by atoms with Gasteiger partial charge in [0.25, 0.3) is 0 Å². The Morgan fingerprint density at radius 1 is 0.305 bits per heavy atom. The molecule has 13 rings (SSSR count). The van der Waals surface area contributed by atoms with Gasteiger partial charge in [-0.1, -0.05) is 164 Å². The monoisotopic (exact) mass is 746 g/mol. The zero-order chi connectivity index (χ0) is 38.6. The molecule has 0 aliphatic carbocycles. The van der Waals surface area contributed by atoms with E-state index < -0.39 is 0 Å². The Kier molecular flexibility index (Phi) is 6.76. The first-order chi connectivity index (χ1) is 29.3. The van der Waals surface area contributed by atoms with Gasteiger partial charge < -0.3 is 0 Å². The van der Waals surface area contributed by atoms with Gasteiger partial charge in [-0.3, -0.25) is 4.57 Å². The van der Waals surface area contributed by atoms with E-state index in [-0.39, 0.29) is 0 Å². The topological polar surface area (TPSA) is 17.8 Å². The molecule has 2 heteroatoms. The molecule has 0 aliphatic rings. The van der Waals surface area contributed by atoms with Crippen LogP contribution in [0.3, 0.4) is 0 Å². The van der Waals surface area contributed by atoms with E-state index in [0.29, 0.717) is 0 Å². The van der Waals surface area contributed by atoms with Crippen molar-refractivity contribution >= 4 is 86.4 Å². The highest BCUT2D eigenvalue weighted by Gasteiger charge is 2.19. The summed E-state index contributed by atoms with van der Waals surface area (Å²) in [5.41, 5.74) is 9.10. The fourth-order valence-electron chi connectivity index (χ4n) is 10.1. The lowest BCUT2D eigenvalue weighted by molar-refractivity contribution is 1.11. The quantitative estimate of drug-likeness (QED) is 0.164. The fraction of sp³-hybridized carbons (Fsp3) is 0. The lowest BCUT2D eigenvalue weighted by Gasteiger charge is -2.17. The highest BCUT2D eigenvalue weighted by atomic mass is 15.1. The molecule has 0 bridgehead atoms. The molecule has 59 heavy (non-hydrogen) atoms. The number of para-hydroxylation sites is 3. The SMILES string of the molecule is c1ccc(-n2c(-c3ccc(-c4ccc(-c5cc6ccc7cccc8c9cccc%10ccc%11cccc(c(c5)c6c78)c%11c%109)cc4)c4ccccc34)nc3ccccc32)cc1. The molecule has 0 spiro atoms. The second-order valence-electron chi connectivity index (χ2n) is 15.8. The van der Waals surface area contributed by atoms with Crippen molar-refractivity contribution in [3.05, 3.63) is 206 Å². The lowest BCUT2D eigenvalue weighted by atomic mass is 9.86. The van der Waals surface area contributed by atoms with Gasteiger partial charge in [-0.15, -0.1) is 0 Å². The summed E-state index contributed by atoms with van der Waals surface area (Å²) in [4.78, 5) is 5.22. The summed E-state index contributed by atoms with van der Waals surface area (Å²) in [7, 11) is 0. The molecule has 0 saturated carbocycles. The molecule has 272 valence electrons. The molecule has 0 radical (unpaired) electrons. The van der Waals surface area contributed by atoms with Gasteiger partial charge in [0.15, 0.2) is 0 Å². The Morgan fingerprint density at radius 2 is 0.814 bits per heavy atom. The number of hydrogen-bond acceptors (Lipinski definition) is 1. The summed E-state index contributed by atoms with van der Waals surface area (Å²) < 4.78 is 2.29. The first-order valence-electron chi connectivity index (χ1n) is 20.4. The van der Waals surface area contributed by atoms with Crippen LogP contribution < -0.4 is 0 Å². The van der Waals surface area contributed by atoms with Crippen molar-refractivity contribution in [3.8, 4) is 39.3 Å². The minimum atomic E-state index is 0.942. The number of rotatable bonds is 4. The molecule has 1 aromatic heterocycles. The van der Waals surface area contributed by atoms with Gasteiger partial charge >= 0.3 is 0 Å². The average molecular weight is 747 g/mol. The average Bonchev–Trinajstić information content (AvgIpc) is 3.69. The van der Waals surface area contributed by atoms with Gasteiger partial charge in [0.2, 0.25) is 0 Å². The highest BCUT2D eigenvalue weighted by molar-refractivity contribution is 6.37. The van der Waals surface area contributed by atoms with Crippen LogP contribution in [0.15, 0.2) is 206 Å². The number of imidazole rings is 1. The van der Waals surface area contributed by atoms with Crippen LogP contribution in [0.1, 0.15) is 0 Å². The number of nitrogens with zero attached hydrogens (tertiary/aromatic N) is 2. The number of hydrogen-bond donors (Lipinski definition) is 0. The van der Waals surface area contributed by atoms with E-state index in [1.807, 2.05) is 0 Å². The van der Waals surface area contributed by atoms with Crippen molar-refractivity contribution in [2.75, 3.05) is 0 Å². The second kappa shape index (κ2) is 12.3. The van der Waals surface area contributed by atoms with Crippen LogP contribution in [-0.2, 0) is 0 Å². The van der Waals surface area contributed by atoms with Crippen molar-refractivity contribution in [3.63, 3.8) is 0 Å². The van der Waals surface area contributed by atoms with Gasteiger partial charge in [0.1, 0.15) is 5.82 Å². The molecule has 0 aliphatic heterocycles. The third-order valence-corrected chi connectivity index (χ3v) is 12.7. The molecule has 1 heterocycles. The molecule has 0 amide bonds. The minimum Gasteiger partial charge on any atom is -0.292 e. The van der Waals surface area contributed by atoms with Crippen molar-refractivity contribution < 1.29 is 0 Å². The largest absolute Gasteiger partial charge is 0.292 e. The van der Waals surface area contributed by atoms with Gasteiger partial charge in [0, 0.05) is 11.3 Å². The zero-order valence-electron chi connectivity index (χ0n) is 32.0. The van der Waals surface area contributed by atoms with E-state index in [9.17, 15) is 0 Å². The maximum Gasteiger partial charge on any atom is 0.146 e. The van der Waals surface area contributed by atoms with E-state index in [0.717, 1.165) is 28.1 Å². The zero-order valence-corrected chi connectivity index (χ0v) is 32.0. The summed E-state index contributed by atoms with van der Waals surface area (Å²) in [6.45, 7) is 0. The maximum absolute atomic E-state index is 5.22. The second-order valence-corrected chi connectivity index (χ2v) is 15.8. The Bertz CT molecular complexity index is 3810. The smallest absolute Gasteiger partial charge is 0.146 e. The van der Waals surface area contributed by atoms with E-state index in [1.165, 1.54) is 97.7 Å². The lowest BCUT2D eigenvalue weighted by Crippen LogP contribution is -1.98. The van der Waals surface area contributed by atoms with Crippen LogP contribution >= 0.6 is 0 Å². The van der Waals surface area contributed by atoms with Gasteiger partial charge in [-0.05, 0) is 140 Å². The van der Waals surface area contributed by atoms with Gasteiger partial charge in [-0.2, -0.15) is 0 Å². The van der Waals surface area contributed by atoms with Crippen molar-refractivity contribution in [2.24, 2.45) is 0 Å². The van der Waals surface area contributed by atoms with Crippen molar-refractivity contribution in [1.82, 2.24) is 9.55 Å². The summed E-state index contributed by atoms with van der Waals surface area (Å²) in [6.07, 6.45) is 0. The highest BCUT2D eigenvalue weighted by Crippen LogP contribution is 2.45. The molecule has 0 saturated heterocycles. The van der Waals surface area contributed by atoms with E-state index in [1.54, 1.807) is 0 Å². The molecule has 2 nitrogen and oxygen atoms in total. The molecule has 13 aromatic rings. The van der Waals surface area contributed by atoms with Crippen LogP contribution in [0, 0.1) is 0 Å². The first-order valence-corrected chi connectivity index (χ1v) is 20.4. The number of aromatic nitrogens is 2. The van der Waals surface area contributed by atoms with Crippen molar-refractivity contribution in [2.45, 2.75) is 0 Å². The van der Waals surface area contributed by atoms with Crippen molar-refractivity contribution in [1.29, 1.82) is 0 Å². The third-order valence-electron chi connectivity index (χ3n) is 12.7. The van der Waals surface area contributed by atoms with E-state index in [2.05, 4.69) is 211 Å². The van der Waals surface area contributed by atoms with E-state index >= 15 is 0 Å². The van der Waals surface area contributed by atoms with Crippen LogP contribution in [0.25, 0.3) is 126 Å². The summed E-state index contributed by atoms with van der Waals surface area (Å²) in [5.74, 6) is 0.942. The molecule has 0 fully saturated rings. The summed E-state index contributed by atoms with van der Waals surface area (Å²) >= 11 is 0. The number of fused-ring (bicyclic) bond motifs is 4. The van der Waals surface area contributed by atoms with Crippen LogP contribution in [-0.4, -0.2) is 9.55 Å². The summed E-state index contributed by atoms with van der Waals surface area (Å²) in [6, 6.07) is 75.8. The Balaban J connectivity index is 0.997. The molecule has 0 atom stereocenters. The van der Waals surface area contributed by atoms with Crippen LogP contribution in [0.5, 0.6) is 0 Å². The van der Waals surface area contributed by atoms with E-state index in [4.69, 9.17) is 4.98 Å². The van der Waals surface area contributed by atoms with Gasteiger partial charge in [-0.25, -0.2) is 4.98 Å². The fourth-order valence-corrected chi connectivity index (χ4v) is 10.1. The minimum absolute atomic E-state index is 0.942. The Hall–Kier alpha value is -7.81. The predicted octanol–water partition coefficient (Wildman–Crippen LogP) is 15.5. The molecule has 0 unspecified atom stereocenters. The summed E-state index contributed by atoms with van der Waals surface area (Å²) in [5, 5.41) is 18.0. The normalized spacial score (nSPS) is 12.1. The third kappa shape index (κ3) is 4.72. The van der Waals surface area contributed by atoms with Crippen LogP contribution in [0.4, 0.5) is 0 Å². The Labute approximate surface area is 340 Å². The number of benzene rings is 11. The molecular weight excluding hydrogens is 713 g/mol. The Morgan fingerprint density at radius 3 is 1.49 bits per heavy atom. The molecule has 0 N–H and O–H groups in total.